The number of hydrogen-bond acceptors (Lipinski definition) is 3. The van der Waals surface area contributed by atoms with Crippen molar-refractivity contribution in [3.63, 3.8) is 0 Å². The van der Waals surface area contributed by atoms with E-state index < -0.39 is 0 Å². The number of carbonyl (C=O) groups excluding carboxylic acids is 2. The summed E-state index contributed by atoms with van der Waals surface area (Å²) in [6.07, 6.45) is 1.74. The average Bonchev–Trinajstić information content (AvgIpc) is 3.01. The predicted molar refractivity (Wildman–Crippen MR) is 117 cm³/mol. The van der Waals surface area contributed by atoms with Gasteiger partial charge in [0.2, 0.25) is 0 Å². The van der Waals surface area contributed by atoms with Crippen molar-refractivity contribution in [2.45, 2.75) is 47.1 Å². The molecule has 0 amide bonds. The first-order valence-electron chi connectivity index (χ1n) is 10.2. The Bertz CT molecular complexity index is 1060. The minimum atomic E-state index is -0.371. The largest absolute Gasteiger partial charge is 0.465 e. The summed E-state index contributed by atoms with van der Waals surface area (Å²) >= 11 is 0. The minimum absolute atomic E-state index is 0.0941. The van der Waals surface area contributed by atoms with E-state index in [4.69, 9.17) is 4.74 Å². The van der Waals surface area contributed by atoms with Crippen molar-refractivity contribution in [3.8, 4) is 0 Å². The summed E-state index contributed by atoms with van der Waals surface area (Å²) in [6.45, 7) is 8.76. The van der Waals surface area contributed by atoms with Gasteiger partial charge in [0, 0.05) is 29.1 Å². The minimum Gasteiger partial charge on any atom is -0.465 e. The molecule has 29 heavy (non-hydrogen) atoms. The highest BCUT2D eigenvalue weighted by atomic mass is 16.5. The van der Waals surface area contributed by atoms with E-state index in [0.717, 1.165) is 35.0 Å². The van der Waals surface area contributed by atoms with Crippen LogP contribution in [0.5, 0.6) is 0 Å². The number of hydrogen-bond donors (Lipinski definition) is 0. The zero-order valence-electron chi connectivity index (χ0n) is 17.9. The summed E-state index contributed by atoms with van der Waals surface area (Å²) in [5, 5.41) is 0.911. The number of methoxy groups -OCH3 is 1. The highest BCUT2D eigenvalue weighted by Gasteiger charge is 2.25. The molecule has 0 spiro atoms. The van der Waals surface area contributed by atoms with Crippen LogP contribution < -0.4 is 0 Å². The van der Waals surface area contributed by atoms with Crippen LogP contribution in [0.4, 0.5) is 0 Å². The van der Waals surface area contributed by atoms with Gasteiger partial charge in [-0.25, -0.2) is 4.79 Å². The Balaban J connectivity index is 2.32. The van der Waals surface area contributed by atoms with Crippen molar-refractivity contribution in [2.24, 2.45) is 5.92 Å². The summed E-state index contributed by atoms with van der Waals surface area (Å²) in [7, 11) is 1.38. The molecule has 0 unspecified atom stereocenters. The molecule has 3 aromatic rings. The van der Waals surface area contributed by atoms with Gasteiger partial charge in [-0.15, -0.1) is 0 Å². The van der Waals surface area contributed by atoms with E-state index in [1.807, 2.05) is 38.1 Å². The van der Waals surface area contributed by atoms with Crippen molar-refractivity contribution in [1.82, 2.24) is 4.57 Å². The van der Waals surface area contributed by atoms with Gasteiger partial charge in [-0.2, -0.15) is 0 Å². The maximum Gasteiger partial charge on any atom is 0.337 e. The Kier molecular flexibility index (Phi) is 6.21. The Morgan fingerprint density at radius 1 is 1.10 bits per heavy atom. The van der Waals surface area contributed by atoms with Crippen LogP contribution in [0, 0.1) is 12.8 Å². The quantitative estimate of drug-likeness (QED) is 0.390. The second kappa shape index (κ2) is 8.64. The number of Topliss-reactive ketones (excluding diaryl/α,β-unsaturated/α-hetero) is 1. The summed E-state index contributed by atoms with van der Waals surface area (Å²) in [5.74, 6) is -0.319. The summed E-state index contributed by atoms with van der Waals surface area (Å²) < 4.78 is 7.13. The second-order valence-corrected chi connectivity index (χ2v) is 7.83. The van der Waals surface area contributed by atoms with Crippen LogP contribution in [0.15, 0.2) is 42.5 Å². The van der Waals surface area contributed by atoms with E-state index in [-0.39, 0.29) is 17.7 Å². The van der Waals surface area contributed by atoms with Gasteiger partial charge in [-0.3, -0.25) is 4.79 Å². The molecule has 4 heteroatoms. The Hall–Kier alpha value is -2.88. The molecule has 0 aliphatic carbocycles. The molecule has 0 fully saturated rings. The van der Waals surface area contributed by atoms with Gasteiger partial charge in [0.1, 0.15) is 0 Å². The number of aryl methyl sites for hydroxylation is 1. The molecule has 0 radical (unpaired) electrons. The molecule has 0 saturated heterocycles. The smallest absolute Gasteiger partial charge is 0.337 e. The molecule has 1 aromatic heterocycles. The maximum absolute atomic E-state index is 13.2. The molecule has 4 nitrogen and oxygen atoms in total. The number of aromatic nitrogens is 1. The highest BCUT2D eigenvalue weighted by molar-refractivity contribution is 6.11. The third-order valence-corrected chi connectivity index (χ3v) is 5.44. The van der Waals surface area contributed by atoms with Crippen LogP contribution in [0.3, 0.4) is 0 Å². The van der Waals surface area contributed by atoms with E-state index in [0.29, 0.717) is 12.1 Å². The SMILES string of the molecule is CCCc1c(C(=O)C(C)C)c2ccc(C(=O)OC)cc2n1Cc1ccccc1C. The van der Waals surface area contributed by atoms with Gasteiger partial charge in [0.15, 0.2) is 5.78 Å². The lowest BCUT2D eigenvalue weighted by Gasteiger charge is -2.14. The average molecular weight is 392 g/mol. The molecule has 0 bridgehead atoms. The fraction of sp³-hybridized carbons (Fsp3) is 0.360. The Morgan fingerprint density at radius 3 is 2.45 bits per heavy atom. The highest BCUT2D eigenvalue weighted by Crippen LogP contribution is 2.32. The lowest BCUT2D eigenvalue weighted by molar-refractivity contribution is 0.0600. The Labute approximate surface area is 172 Å². The van der Waals surface area contributed by atoms with Crippen molar-refractivity contribution in [3.05, 3.63) is 70.4 Å². The third-order valence-electron chi connectivity index (χ3n) is 5.44. The number of carbonyl (C=O) groups is 2. The standard InChI is InChI=1S/C25H29NO3/c1-6-9-21-23(24(27)16(2)3)20-13-12-18(25(28)29-5)14-22(20)26(21)15-19-11-8-7-10-17(19)4/h7-8,10-14,16H,6,9,15H2,1-5H3. The van der Waals surface area contributed by atoms with Gasteiger partial charge in [-0.1, -0.05) is 57.5 Å². The topological polar surface area (TPSA) is 48.3 Å². The van der Waals surface area contributed by atoms with Crippen LogP contribution >= 0.6 is 0 Å². The summed E-state index contributed by atoms with van der Waals surface area (Å²) in [4.78, 5) is 25.3. The molecular weight excluding hydrogens is 362 g/mol. The van der Waals surface area contributed by atoms with E-state index in [1.54, 1.807) is 6.07 Å². The molecule has 0 aliphatic rings. The van der Waals surface area contributed by atoms with Crippen molar-refractivity contribution < 1.29 is 14.3 Å². The predicted octanol–water partition coefficient (Wildman–Crippen LogP) is 5.58. The monoisotopic (exact) mass is 391 g/mol. The summed E-state index contributed by atoms with van der Waals surface area (Å²) in [5.41, 5.74) is 5.65. The molecule has 0 saturated carbocycles. The number of rotatable bonds is 7. The van der Waals surface area contributed by atoms with Crippen LogP contribution in [-0.4, -0.2) is 23.4 Å². The fourth-order valence-corrected chi connectivity index (χ4v) is 3.85. The van der Waals surface area contributed by atoms with Crippen molar-refractivity contribution in [2.75, 3.05) is 7.11 Å². The lowest BCUT2D eigenvalue weighted by Crippen LogP contribution is -2.12. The van der Waals surface area contributed by atoms with E-state index >= 15 is 0 Å². The number of fused-ring (bicyclic) bond motifs is 1. The van der Waals surface area contributed by atoms with Gasteiger partial charge in [0.25, 0.3) is 0 Å². The lowest BCUT2D eigenvalue weighted by atomic mass is 9.96. The maximum atomic E-state index is 13.2. The molecule has 1 heterocycles. The zero-order chi connectivity index (χ0) is 21.1. The molecule has 0 aliphatic heterocycles. The van der Waals surface area contributed by atoms with Crippen LogP contribution in [-0.2, 0) is 17.7 Å². The van der Waals surface area contributed by atoms with Gasteiger partial charge in [0.05, 0.1) is 18.2 Å². The molecule has 0 atom stereocenters. The van der Waals surface area contributed by atoms with Crippen LogP contribution in [0.25, 0.3) is 10.9 Å². The van der Waals surface area contributed by atoms with E-state index in [1.165, 1.54) is 18.2 Å². The third kappa shape index (κ3) is 3.98. The van der Waals surface area contributed by atoms with E-state index in [9.17, 15) is 9.59 Å². The molecular formula is C25H29NO3. The molecule has 0 N–H and O–H groups in total. The van der Waals surface area contributed by atoms with Crippen LogP contribution in [0.2, 0.25) is 0 Å². The molecule has 152 valence electrons. The first-order chi connectivity index (χ1) is 13.9. The second-order valence-electron chi connectivity index (χ2n) is 7.83. The van der Waals surface area contributed by atoms with Crippen LogP contribution in [0.1, 0.15) is 64.7 Å². The first kappa shape index (κ1) is 20.8. The number of benzene rings is 2. The molecule has 3 rings (SSSR count). The fourth-order valence-electron chi connectivity index (χ4n) is 3.85. The first-order valence-corrected chi connectivity index (χ1v) is 10.2. The number of esters is 1. The normalized spacial score (nSPS) is 11.2. The van der Waals surface area contributed by atoms with Crippen molar-refractivity contribution >= 4 is 22.7 Å². The zero-order valence-corrected chi connectivity index (χ0v) is 17.9. The van der Waals surface area contributed by atoms with Crippen molar-refractivity contribution in [1.29, 1.82) is 0 Å². The number of ether oxygens (including phenoxy) is 1. The van der Waals surface area contributed by atoms with Gasteiger partial charge < -0.3 is 9.30 Å². The van der Waals surface area contributed by atoms with Gasteiger partial charge in [-0.05, 0) is 36.6 Å². The molecule has 2 aromatic carbocycles. The van der Waals surface area contributed by atoms with E-state index in [2.05, 4.69) is 30.5 Å². The van der Waals surface area contributed by atoms with Gasteiger partial charge >= 0.3 is 5.97 Å². The Morgan fingerprint density at radius 2 is 1.83 bits per heavy atom. The number of nitrogens with zero attached hydrogens (tertiary/aromatic N) is 1. The summed E-state index contributed by atoms with van der Waals surface area (Å²) in [6, 6.07) is 13.8. The number of ketones is 1.